The quantitative estimate of drug-likeness (QED) is 0.807. The number of ether oxygens (including phenoxy) is 1. The van der Waals surface area contributed by atoms with Crippen LogP contribution in [0.15, 0.2) is 18.2 Å². The summed E-state index contributed by atoms with van der Waals surface area (Å²) in [5, 5.41) is 12.2. The van der Waals surface area contributed by atoms with E-state index in [9.17, 15) is 9.59 Å². The van der Waals surface area contributed by atoms with Gasteiger partial charge in [-0.05, 0) is 24.6 Å². The zero-order valence-electron chi connectivity index (χ0n) is 10.9. The van der Waals surface area contributed by atoms with E-state index in [0.29, 0.717) is 22.2 Å². The first-order valence-electron chi connectivity index (χ1n) is 5.98. The second-order valence-electron chi connectivity index (χ2n) is 4.00. The molecule has 0 saturated carbocycles. The molecule has 5 nitrogen and oxygen atoms in total. The van der Waals surface area contributed by atoms with E-state index < -0.39 is 17.9 Å². The van der Waals surface area contributed by atoms with Crippen LogP contribution in [-0.4, -0.2) is 36.2 Å². The lowest BCUT2D eigenvalue weighted by molar-refractivity contribution is -0.142. The monoisotopic (exact) mass is 319 g/mol. The first kappa shape index (κ1) is 16.8. The Morgan fingerprint density at radius 3 is 2.45 bits per heavy atom. The fourth-order valence-electron chi connectivity index (χ4n) is 1.56. The third-order valence-electron chi connectivity index (χ3n) is 2.54. The molecule has 0 saturated heterocycles. The molecule has 7 heteroatoms. The van der Waals surface area contributed by atoms with Gasteiger partial charge in [0.05, 0.1) is 0 Å². The van der Waals surface area contributed by atoms with Gasteiger partial charge in [0.15, 0.2) is 0 Å². The largest absolute Gasteiger partial charge is 0.480 e. The molecule has 1 amide bonds. The standard InChI is InChI=1S/C13H15Cl2NO4/c1-2-20-7-12(17)16-11(13(18)19)6-8-9(14)4-3-5-10(8)15/h3-5,11H,2,6-7H2,1H3,(H,16,17)(H,18,19)/t11-/m1/s1. The predicted octanol–water partition coefficient (Wildman–Crippen LogP) is 2.14. The summed E-state index contributed by atoms with van der Waals surface area (Å²) in [5.74, 6) is -1.66. The molecule has 0 spiro atoms. The topological polar surface area (TPSA) is 75.6 Å². The van der Waals surface area contributed by atoms with Gasteiger partial charge in [-0.2, -0.15) is 0 Å². The van der Waals surface area contributed by atoms with Gasteiger partial charge in [-0.1, -0.05) is 29.3 Å². The van der Waals surface area contributed by atoms with Crippen LogP contribution in [0, 0.1) is 0 Å². The smallest absolute Gasteiger partial charge is 0.326 e. The molecule has 1 aromatic rings. The third-order valence-corrected chi connectivity index (χ3v) is 3.25. The van der Waals surface area contributed by atoms with Gasteiger partial charge < -0.3 is 15.2 Å². The summed E-state index contributed by atoms with van der Waals surface area (Å²) in [5.41, 5.74) is 0.486. The van der Waals surface area contributed by atoms with Crippen LogP contribution in [0.4, 0.5) is 0 Å². The molecule has 20 heavy (non-hydrogen) atoms. The normalized spacial score (nSPS) is 11.9. The average Bonchev–Trinajstić information content (AvgIpc) is 2.39. The average molecular weight is 320 g/mol. The van der Waals surface area contributed by atoms with Crippen molar-refractivity contribution in [3.8, 4) is 0 Å². The van der Waals surface area contributed by atoms with E-state index in [1.165, 1.54) is 0 Å². The highest BCUT2D eigenvalue weighted by molar-refractivity contribution is 6.36. The number of benzene rings is 1. The van der Waals surface area contributed by atoms with Gasteiger partial charge in [-0.25, -0.2) is 4.79 Å². The van der Waals surface area contributed by atoms with Crippen molar-refractivity contribution in [2.75, 3.05) is 13.2 Å². The molecule has 0 radical (unpaired) electrons. The van der Waals surface area contributed by atoms with Crippen LogP contribution in [0.3, 0.4) is 0 Å². The minimum atomic E-state index is -1.16. The molecule has 110 valence electrons. The number of aliphatic carboxylic acids is 1. The van der Waals surface area contributed by atoms with E-state index in [-0.39, 0.29) is 13.0 Å². The van der Waals surface area contributed by atoms with Crippen molar-refractivity contribution in [2.24, 2.45) is 0 Å². The van der Waals surface area contributed by atoms with Crippen molar-refractivity contribution in [3.05, 3.63) is 33.8 Å². The lowest BCUT2D eigenvalue weighted by Crippen LogP contribution is -2.44. The molecule has 0 aliphatic heterocycles. The number of nitrogens with one attached hydrogen (secondary N) is 1. The summed E-state index contributed by atoms with van der Waals surface area (Å²) in [7, 11) is 0. The second kappa shape index (κ2) is 8.09. The summed E-state index contributed by atoms with van der Waals surface area (Å²) >= 11 is 12.0. The Morgan fingerprint density at radius 1 is 1.35 bits per heavy atom. The number of carbonyl (C=O) groups is 2. The fraction of sp³-hybridized carbons (Fsp3) is 0.385. The summed E-state index contributed by atoms with van der Waals surface area (Å²) in [6, 6.07) is 3.78. The highest BCUT2D eigenvalue weighted by atomic mass is 35.5. The number of rotatable bonds is 7. The van der Waals surface area contributed by atoms with Crippen LogP contribution in [0.5, 0.6) is 0 Å². The Bertz CT molecular complexity index is 473. The lowest BCUT2D eigenvalue weighted by Gasteiger charge is -2.16. The Morgan fingerprint density at radius 2 is 1.95 bits per heavy atom. The summed E-state index contributed by atoms with van der Waals surface area (Å²) < 4.78 is 4.92. The van der Waals surface area contributed by atoms with Crippen molar-refractivity contribution in [1.82, 2.24) is 5.32 Å². The van der Waals surface area contributed by atoms with Crippen LogP contribution in [0.2, 0.25) is 10.0 Å². The van der Waals surface area contributed by atoms with Crippen molar-refractivity contribution in [1.29, 1.82) is 0 Å². The van der Waals surface area contributed by atoms with Crippen LogP contribution in [0.1, 0.15) is 12.5 Å². The maximum absolute atomic E-state index is 11.5. The van der Waals surface area contributed by atoms with E-state index in [1.54, 1.807) is 25.1 Å². The number of amides is 1. The van der Waals surface area contributed by atoms with E-state index in [0.717, 1.165) is 0 Å². The molecule has 0 aromatic heterocycles. The molecule has 1 rings (SSSR count). The predicted molar refractivity (Wildman–Crippen MR) is 76.2 cm³/mol. The maximum atomic E-state index is 11.5. The fourth-order valence-corrected chi connectivity index (χ4v) is 2.11. The van der Waals surface area contributed by atoms with E-state index in [4.69, 9.17) is 33.0 Å². The minimum Gasteiger partial charge on any atom is -0.480 e. The Kier molecular flexibility index (Phi) is 6.78. The summed E-state index contributed by atoms with van der Waals surface area (Å²) in [4.78, 5) is 22.7. The van der Waals surface area contributed by atoms with Crippen LogP contribution < -0.4 is 5.32 Å². The maximum Gasteiger partial charge on any atom is 0.326 e. The molecule has 0 unspecified atom stereocenters. The Labute approximate surface area is 126 Å². The molecule has 2 N–H and O–H groups in total. The van der Waals surface area contributed by atoms with Crippen LogP contribution >= 0.6 is 23.2 Å². The molecule has 0 fully saturated rings. The lowest BCUT2D eigenvalue weighted by atomic mass is 10.1. The first-order chi connectivity index (χ1) is 9.45. The Balaban J connectivity index is 2.78. The summed E-state index contributed by atoms with van der Waals surface area (Å²) in [6.45, 7) is 1.93. The number of carbonyl (C=O) groups excluding carboxylic acids is 1. The molecular formula is C13H15Cl2NO4. The van der Waals surface area contributed by atoms with Gasteiger partial charge in [-0.15, -0.1) is 0 Å². The van der Waals surface area contributed by atoms with Crippen molar-refractivity contribution in [2.45, 2.75) is 19.4 Å². The molecule has 1 aromatic carbocycles. The number of carboxylic acid groups (broad SMARTS) is 1. The van der Waals surface area contributed by atoms with E-state index in [1.807, 2.05) is 0 Å². The highest BCUT2D eigenvalue weighted by Gasteiger charge is 2.22. The number of halogens is 2. The number of carboxylic acids is 1. The van der Waals surface area contributed by atoms with Gasteiger partial charge in [0.1, 0.15) is 12.6 Å². The van der Waals surface area contributed by atoms with Crippen LogP contribution in [0.25, 0.3) is 0 Å². The zero-order chi connectivity index (χ0) is 15.1. The van der Waals surface area contributed by atoms with Gasteiger partial charge in [0.2, 0.25) is 5.91 Å². The minimum absolute atomic E-state index is 0.00566. The van der Waals surface area contributed by atoms with Crippen LogP contribution in [-0.2, 0) is 20.7 Å². The third kappa shape index (κ3) is 5.00. The van der Waals surface area contributed by atoms with Crippen molar-refractivity contribution < 1.29 is 19.4 Å². The zero-order valence-corrected chi connectivity index (χ0v) is 12.4. The van der Waals surface area contributed by atoms with Gasteiger partial charge in [0.25, 0.3) is 0 Å². The number of hydrogen-bond acceptors (Lipinski definition) is 3. The first-order valence-corrected chi connectivity index (χ1v) is 6.74. The molecule has 1 atom stereocenters. The number of hydrogen-bond donors (Lipinski definition) is 2. The Hall–Kier alpha value is -1.30. The van der Waals surface area contributed by atoms with Gasteiger partial charge in [0, 0.05) is 23.1 Å². The molecular weight excluding hydrogens is 305 g/mol. The summed E-state index contributed by atoms with van der Waals surface area (Å²) in [6.07, 6.45) is 0.00566. The van der Waals surface area contributed by atoms with Gasteiger partial charge >= 0.3 is 5.97 Å². The highest BCUT2D eigenvalue weighted by Crippen LogP contribution is 2.25. The molecule has 0 bridgehead atoms. The van der Waals surface area contributed by atoms with Gasteiger partial charge in [-0.3, -0.25) is 4.79 Å². The molecule has 0 aliphatic rings. The SMILES string of the molecule is CCOCC(=O)N[C@H](Cc1c(Cl)cccc1Cl)C(=O)O. The second-order valence-corrected chi connectivity index (χ2v) is 4.81. The molecule has 0 aliphatic carbocycles. The van der Waals surface area contributed by atoms with Crippen molar-refractivity contribution in [3.63, 3.8) is 0 Å². The van der Waals surface area contributed by atoms with Crippen molar-refractivity contribution >= 4 is 35.1 Å². The van der Waals surface area contributed by atoms with E-state index >= 15 is 0 Å². The van der Waals surface area contributed by atoms with E-state index in [2.05, 4.69) is 5.32 Å². The molecule has 0 heterocycles.